The van der Waals surface area contributed by atoms with E-state index < -0.39 is 16.1 Å². The third kappa shape index (κ3) is 4.55. The molecule has 0 saturated carbocycles. The molecule has 3 N–H and O–H groups in total. The molecule has 8 nitrogen and oxygen atoms in total. The summed E-state index contributed by atoms with van der Waals surface area (Å²) in [4.78, 5) is 23.6. The molecule has 30 heavy (non-hydrogen) atoms. The maximum absolute atomic E-state index is 12.9. The molecule has 1 aliphatic rings. The number of imide groups is 1. The molecule has 156 valence electrons. The minimum Gasteiger partial charge on any atom is -0.443 e. The zero-order chi connectivity index (χ0) is 21.3. The van der Waals surface area contributed by atoms with Gasteiger partial charge in [0.05, 0.1) is 5.69 Å². The molecule has 1 aliphatic heterocycles. The minimum atomic E-state index is -4.00. The Labute approximate surface area is 181 Å². The van der Waals surface area contributed by atoms with E-state index in [9.17, 15) is 18.0 Å². The van der Waals surface area contributed by atoms with Gasteiger partial charge in [-0.2, -0.15) is 8.42 Å². The van der Waals surface area contributed by atoms with E-state index in [2.05, 4.69) is 15.4 Å². The van der Waals surface area contributed by atoms with Crippen LogP contribution in [0.4, 0.5) is 10.5 Å². The number of para-hydroxylation sites is 1. The van der Waals surface area contributed by atoms with E-state index >= 15 is 0 Å². The number of fused-ring (bicyclic) bond motifs is 1. The number of thioether (sulfide) groups is 1. The fraction of sp³-hybridized carbons (Fsp3) is 0.158. The molecule has 3 aromatic rings. The highest BCUT2D eigenvalue weighted by Crippen LogP contribution is 2.33. The molecule has 3 amide bonds. The Morgan fingerprint density at radius 3 is 2.73 bits per heavy atom. The van der Waals surface area contributed by atoms with Crippen molar-refractivity contribution in [3.05, 3.63) is 53.6 Å². The summed E-state index contributed by atoms with van der Waals surface area (Å²) in [5.74, 6) is 0.0198. The molecule has 1 aromatic heterocycles. The Kier molecular flexibility index (Phi) is 5.63. The molecule has 1 unspecified atom stereocenters. The van der Waals surface area contributed by atoms with Gasteiger partial charge < -0.3 is 9.73 Å². The highest BCUT2D eigenvalue weighted by Gasteiger charge is 2.25. The summed E-state index contributed by atoms with van der Waals surface area (Å²) in [7, 11) is -4.00. The van der Waals surface area contributed by atoms with Crippen LogP contribution in [0.25, 0.3) is 11.0 Å². The lowest BCUT2D eigenvalue weighted by Gasteiger charge is -2.23. The molecule has 1 fully saturated rings. The number of urea groups is 1. The predicted octanol–water partition coefficient (Wildman–Crippen LogP) is 3.58. The van der Waals surface area contributed by atoms with Crippen molar-refractivity contribution in [3.8, 4) is 0 Å². The zero-order valence-corrected chi connectivity index (χ0v) is 17.7. The molecule has 11 heteroatoms. The van der Waals surface area contributed by atoms with Gasteiger partial charge >= 0.3 is 6.03 Å². The van der Waals surface area contributed by atoms with E-state index in [0.29, 0.717) is 26.6 Å². The van der Waals surface area contributed by atoms with E-state index in [1.165, 1.54) is 23.9 Å². The monoisotopic (exact) mass is 465 g/mol. The summed E-state index contributed by atoms with van der Waals surface area (Å²) in [6.07, 6.45) is 0.145. The lowest BCUT2D eigenvalue weighted by atomic mass is 10.2. The van der Waals surface area contributed by atoms with Gasteiger partial charge in [-0.25, -0.2) is 4.79 Å². The topological polar surface area (TPSA) is 118 Å². The number of sulfonamides is 1. The van der Waals surface area contributed by atoms with Crippen LogP contribution >= 0.6 is 23.4 Å². The quantitative estimate of drug-likeness (QED) is 0.479. The molecular formula is C19H16ClN3O5S2. The summed E-state index contributed by atoms with van der Waals surface area (Å²) < 4.78 is 33.7. The van der Waals surface area contributed by atoms with Crippen LogP contribution < -0.4 is 15.4 Å². The van der Waals surface area contributed by atoms with Gasteiger partial charge in [-0.15, -0.1) is 11.8 Å². The third-order valence-corrected chi connectivity index (χ3v) is 7.00. The minimum absolute atomic E-state index is 0.145. The molecule has 0 spiro atoms. The number of nitrogens with one attached hydrogen (secondary N) is 3. The summed E-state index contributed by atoms with van der Waals surface area (Å²) in [6, 6.07) is 12.3. The smallest absolute Gasteiger partial charge is 0.321 e. The first-order chi connectivity index (χ1) is 14.3. The fourth-order valence-corrected chi connectivity index (χ4v) is 5.25. The second kappa shape index (κ2) is 8.21. The summed E-state index contributed by atoms with van der Waals surface area (Å²) in [5.41, 5.74) is 0.740. The van der Waals surface area contributed by atoms with Crippen molar-refractivity contribution in [3.63, 3.8) is 0 Å². The first-order valence-electron chi connectivity index (χ1n) is 8.84. The second-order valence-electron chi connectivity index (χ2n) is 6.58. The number of anilines is 1. The van der Waals surface area contributed by atoms with Gasteiger partial charge in [-0.1, -0.05) is 29.8 Å². The summed E-state index contributed by atoms with van der Waals surface area (Å²) in [6.45, 7) is 0. The van der Waals surface area contributed by atoms with E-state index in [0.717, 1.165) is 0 Å². The lowest BCUT2D eigenvalue weighted by Crippen LogP contribution is -2.53. The van der Waals surface area contributed by atoms with Crippen LogP contribution in [-0.4, -0.2) is 32.2 Å². The largest absolute Gasteiger partial charge is 0.443 e. The first-order valence-corrected chi connectivity index (χ1v) is 11.7. The fourth-order valence-electron chi connectivity index (χ4n) is 2.96. The highest BCUT2D eigenvalue weighted by atomic mass is 35.5. The normalized spacial score (nSPS) is 16.9. The number of benzene rings is 2. The number of halogens is 1. The van der Waals surface area contributed by atoms with Gasteiger partial charge in [-0.3, -0.25) is 14.8 Å². The maximum Gasteiger partial charge on any atom is 0.321 e. The molecule has 0 aliphatic carbocycles. The van der Waals surface area contributed by atoms with Crippen LogP contribution in [0.1, 0.15) is 6.42 Å². The Morgan fingerprint density at radius 1 is 1.17 bits per heavy atom. The molecule has 1 saturated heterocycles. The van der Waals surface area contributed by atoms with Gasteiger partial charge in [0, 0.05) is 39.6 Å². The van der Waals surface area contributed by atoms with E-state index in [-0.39, 0.29) is 29.1 Å². The molecule has 2 aromatic carbocycles. The maximum atomic E-state index is 12.9. The summed E-state index contributed by atoms with van der Waals surface area (Å²) in [5, 5.41) is 5.65. The molecule has 0 bridgehead atoms. The number of carbonyl (C=O) groups is 2. The van der Waals surface area contributed by atoms with Crippen molar-refractivity contribution in [1.82, 2.24) is 10.6 Å². The number of furan rings is 1. The van der Waals surface area contributed by atoms with Crippen LogP contribution in [0.3, 0.4) is 0 Å². The van der Waals surface area contributed by atoms with Gasteiger partial charge in [-0.05, 0) is 24.3 Å². The predicted molar refractivity (Wildman–Crippen MR) is 114 cm³/mol. The number of amides is 3. The van der Waals surface area contributed by atoms with Crippen molar-refractivity contribution in [1.29, 1.82) is 0 Å². The van der Waals surface area contributed by atoms with Crippen molar-refractivity contribution in [2.45, 2.75) is 22.5 Å². The van der Waals surface area contributed by atoms with E-state index in [1.807, 2.05) is 0 Å². The van der Waals surface area contributed by atoms with Crippen LogP contribution in [-0.2, 0) is 14.8 Å². The molecule has 4 rings (SSSR count). The van der Waals surface area contributed by atoms with Gasteiger partial charge in [0.25, 0.3) is 10.0 Å². The molecule has 2 heterocycles. The number of hydrogen-bond acceptors (Lipinski definition) is 6. The van der Waals surface area contributed by atoms with Crippen molar-refractivity contribution >= 4 is 62.0 Å². The van der Waals surface area contributed by atoms with Crippen molar-refractivity contribution in [2.24, 2.45) is 0 Å². The van der Waals surface area contributed by atoms with Gasteiger partial charge in [0.1, 0.15) is 5.58 Å². The molecule has 0 radical (unpaired) electrons. The third-order valence-electron chi connectivity index (χ3n) is 4.31. The van der Waals surface area contributed by atoms with Crippen LogP contribution in [0, 0.1) is 0 Å². The first kappa shape index (κ1) is 20.6. The van der Waals surface area contributed by atoms with Crippen LogP contribution in [0.15, 0.2) is 62.9 Å². The number of hydrogen-bond donors (Lipinski definition) is 3. The standard InChI is InChI=1S/C19H16ClN3O5S2/c20-12-5-6-16(29-10-13-9-17(24)22-19(25)21-13)14(8-12)23-30(26,27)18-7-11-3-1-2-4-15(11)28-18/h1-8,13,23H,9-10H2,(H2,21,22,24,25). The molecular weight excluding hydrogens is 450 g/mol. The lowest BCUT2D eigenvalue weighted by molar-refractivity contribution is -0.121. The zero-order valence-electron chi connectivity index (χ0n) is 15.3. The average Bonchev–Trinajstić information content (AvgIpc) is 3.12. The Balaban J connectivity index is 1.55. The van der Waals surface area contributed by atoms with E-state index in [4.69, 9.17) is 16.0 Å². The number of carbonyl (C=O) groups excluding carboxylic acids is 2. The highest BCUT2D eigenvalue weighted by molar-refractivity contribution is 7.99. The van der Waals surface area contributed by atoms with Crippen molar-refractivity contribution in [2.75, 3.05) is 10.5 Å². The van der Waals surface area contributed by atoms with Crippen LogP contribution in [0.2, 0.25) is 5.02 Å². The Morgan fingerprint density at radius 2 is 1.97 bits per heavy atom. The Bertz CT molecular complexity index is 1190. The Hall–Kier alpha value is -2.69. The molecule has 1 atom stereocenters. The van der Waals surface area contributed by atoms with Gasteiger partial charge in [0.2, 0.25) is 11.0 Å². The average molecular weight is 466 g/mol. The van der Waals surface area contributed by atoms with Gasteiger partial charge in [0.15, 0.2) is 0 Å². The van der Waals surface area contributed by atoms with Crippen molar-refractivity contribution < 1.29 is 22.4 Å². The second-order valence-corrected chi connectivity index (χ2v) is 9.69. The summed E-state index contributed by atoms with van der Waals surface area (Å²) >= 11 is 7.36. The number of rotatable bonds is 6. The van der Waals surface area contributed by atoms with E-state index in [1.54, 1.807) is 36.4 Å². The SMILES string of the molecule is O=C1CC(CSc2ccc(Cl)cc2NS(=O)(=O)c2cc3ccccc3o2)NC(=O)N1. The van der Waals surface area contributed by atoms with Crippen LogP contribution in [0.5, 0.6) is 0 Å².